The molecule has 0 saturated carbocycles. The van der Waals surface area contributed by atoms with E-state index in [1.165, 1.54) is 6.33 Å². The maximum Gasteiger partial charge on any atom is 0.354 e. The monoisotopic (exact) mass is 183 g/mol. The van der Waals surface area contributed by atoms with Crippen molar-refractivity contribution in [3.05, 3.63) is 17.7 Å². The Kier molecular flexibility index (Phi) is 2.63. The van der Waals surface area contributed by atoms with Crippen molar-refractivity contribution in [2.45, 2.75) is 6.92 Å². The van der Waals surface area contributed by atoms with E-state index in [0.717, 1.165) is 0 Å². The molecule has 1 rings (SSSR count). The molecule has 6 nitrogen and oxygen atoms in total. The van der Waals surface area contributed by atoms with Gasteiger partial charge in [0.2, 0.25) is 0 Å². The van der Waals surface area contributed by atoms with Crippen molar-refractivity contribution in [3.8, 4) is 0 Å². The van der Waals surface area contributed by atoms with Crippen LogP contribution in [0.4, 0.5) is 0 Å². The minimum Gasteiger partial charge on any atom is -0.477 e. The van der Waals surface area contributed by atoms with E-state index < -0.39 is 11.9 Å². The minimum absolute atomic E-state index is 0.0886. The summed E-state index contributed by atoms with van der Waals surface area (Å²) in [4.78, 5) is 27.7. The van der Waals surface area contributed by atoms with Crippen LogP contribution in [-0.2, 0) is 0 Å². The minimum atomic E-state index is -1.20. The average molecular weight is 183 g/mol. The number of carbonyl (C=O) groups is 2. The van der Waals surface area contributed by atoms with Crippen molar-refractivity contribution in [1.82, 2.24) is 15.3 Å². The molecule has 0 aliphatic carbocycles. The average Bonchev–Trinajstić information content (AvgIpc) is 2.52. The first-order valence-electron chi connectivity index (χ1n) is 3.71. The summed E-state index contributed by atoms with van der Waals surface area (Å²) >= 11 is 0. The van der Waals surface area contributed by atoms with Gasteiger partial charge in [-0.3, -0.25) is 4.79 Å². The second-order valence-electron chi connectivity index (χ2n) is 2.29. The number of H-pyrrole nitrogens is 1. The largest absolute Gasteiger partial charge is 0.477 e. The molecule has 0 spiro atoms. The second kappa shape index (κ2) is 3.70. The number of carboxylic acids is 1. The quantitative estimate of drug-likeness (QED) is 0.607. The van der Waals surface area contributed by atoms with Crippen LogP contribution in [0.15, 0.2) is 6.33 Å². The SMILES string of the molecule is CCNC(=O)c1nc[nH]c1C(=O)O. The van der Waals surface area contributed by atoms with Gasteiger partial charge in [-0.15, -0.1) is 0 Å². The first kappa shape index (κ1) is 9.24. The Balaban J connectivity index is 2.93. The zero-order valence-electron chi connectivity index (χ0n) is 7.00. The fraction of sp³-hybridized carbons (Fsp3) is 0.286. The number of hydrogen-bond acceptors (Lipinski definition) is 3. The summed E-state index contributed by atoms with van der Waals surface area (Å²) in [6.07, 6.45) is 1.17. The predicted molar refractivity (Wildman–Crippen MR) is 43.6 cm³/mol. The van der Waals surface area contributed by atoms with Gasteiger partial charge in [-0.25, -0.2) is 9.78 Å². The van der Waals surface area contributed by atoms with E-state index in [1.807, 2.05) is 0 Å². The summed E-state index contributed by atoms with van der Waals surface area (Å²) in [5, 5.41) is 11.1. The molecular weight excluding hydrogens is 174 g/mol. The maximum atomic E-state index is 11.2. The molecule has 1 amide bonds. The summed E-state index contributed by atoms with van der Waals surface area (Å²) in [6, 6.07) is 0. The van der Waals surface area contributed by atoms with E-state index >= 15 is 0 Å². The van der Waals surface area contributed by atoms with Gasteiger partial charge in [0.1, 0.15) is 0 Å². The number of aromatic nitrogens is 2. The van der Waals surface area contributed by atoms with Gasteiger partial charge in [0.05, 0.1) is 6.33 Å². The summed E-state index contributed by atoms with van der Waals surface area (Å²) < 4.78 is 0. The number of nitrogens with one attached hydrogen (secondary N) is 2. The molecule has 6 heteroatoms. The van der Waals surface area contributed by atoms with Gasteiger partial charge >= 0.3 is 5.97 Å². The van der Waals surface area contributed by atoms with Gasteiger partial charge in [0, 0.05) is 6.54 Å². The number of carbonyl (C=O) groups excluding carboxylic acids is 1. The third kappa shape index (κ3) is 1.84. The molecule has 0 aromatic carbocycles. The zero-order valence-corrected chi connectivity index (χ0v) is 7.00. The summed E-state index contributed by atoms with van der Waals surface area (Å²) in [7, 11) is 0. The third-order valence-electron chi connectivity index (χ3n) is 1.41. The molecule has 1 aromatic rings. The molecule has 0 unspecified atom stereocenters. The highest BCUT2D eigenvalue weighted by Crippen LogP contribution is 2.01. The molecule has 13 heavy (non-hydrogen) atoms. The van der Waals surface area contributed by atoms with E-state index in [4.69, 9.17) is 5.11 Å². The molecule has 1 heterocycles. The molecular formula is C7H9N3O3. The first-order chi connectivity index (χ1) is 6.16. The molecule has 0 saturated heterocycles. The van der Waals surface area contributed by atoms with Gasteiger partial charge < -0.3 is 15.4 Å². The number of imidazole rings is 1. The molecule has 0 fully saturated rings. The molecule has 0 bridgehead atoms. The van der Waals surface area contributed by atoms with Crippen molar-refractivity contribution in [3.63, 3.8) is 0 Å². The topological polar surface area (TPSA) is 95.1 Å². The van der Waals surface area contributed by atoms with Crippen LogP contribution in [0.25, 0.3) is 0 Å². The van der Waals surface area contributed by atoms with Gasteiger partial charge in [0.25, 0.3) is 5.91 Å². The Morgan fingerprint density at radius 1 is 1.69 bits per heavy atom. The number of nitrogens with zero attached hydrogens (tertiary/aromatic N) is 1. The Morgan fingerprint density at radius 3 is 2.92 bits per heavy atom. The fourth-order valence-electron chi connectivity index (χ4n) is 0.874. The van der Waals surface area contributed by atoms with Crippen LogP contribution in [0.1, 0.15) is 27.9 Å². The number of carboxylic acid groups (broad SMARTS) is 1. The van der Waals surface area contributed by atoms with Gasteiger partial charge in [-0.2, -0.15) is 0 Å². The Hall–Kier alpha value is -1.85. The lowest BCUT2D eigenvalue weighted by Gasteiger charge is -1.98. The normalized spacial score (nSPS) is 9.62. The number of aromatic carboxylic acids is 1. The number of rotatable bonds is 3. The first-order valence-corrected chi connectivity index (χ1v) is 3.71. The van der Waals surface area contributed by atoms with Crippen LogP contribution in [0.5, 0.6) is 0 Å². The van der Waals surface area contributed by atoms with Crippen LogP contribution in [0.3, 0.4) is 0 Å². The predicted octanol–water partition coefficient (Wildman–Crippen LogP) is -0.142. The fourth-order valence-corrected chi connectivity index (χ4v) is 0.874. The van der Waals surface area contributed by atoms with Crippen molar-refractivity contribution >= 4 is 11.9 Å². The van der Waals surface area contributed by atoms with Crippen molar-refractivity contribution in [2.75, 3.05) is 6.54 Å². The lowest BCUT2D eigenvalue weighted by atomic mass is 10.3. The van der Waals surface area contributed by atoms with Crippen molar-refractivity contribution in [1.29, 1.82) is 0 Å². The Bertz CT molecular complexity index is 331. The highest BCUT2D eigenvalue weighted by molar-refractivity contribution is 6.02. The molecule has 0 aliphatic rings. The third-order valence-corrected chi connectivity index (χ3v) is 1.41. The lowest BCUT2D eigenvalue weighted by molar-refractivity contribution is 0.0685. The molecule has 0 radical (unpaired) electrons. The van der Waals surface area contributed by atoms with Gasteiger partial charge in [-0.05, 0) is 6.92 Å². The highest BCUT2D eigenvalue weighted by atomic mass is 16.4. The number of amides is 1. The van der Waals surface area contributed by atoms with E-state index in [-0.39, 0.29) is 11.4 Å². The van der Waals surface area contributed by atoms with E-state index in [9.17, 15) is 9.59 Å². The molecule has 70 valence electrons. The smallest absolute Gasteiger partial charge is 0.354 e. The summed E-state index contributed by atoms with van der Waals surface area (Å²) in [5.41, 5.74) is -0.277. The van der Waals surface area contributed by atoms with E-state index in [0.29, 0.717) is 6.54 Å². The van der Waals surface area contributed by atoms with Crippen LogP contribution in [0, 0.1) is 0 Å². The standard InChI is InChI=1S/C7H9N3O3/c1-2-8-6(11)4-5(7(12)13)10-3-9-4/h3H,2H2,1H3,(H,8,11)(H,9,10)(H,12,13). The van der Waals surface area contributed by atoms with Crippen molar-refractivity contribution < 1.29 is 14.7 Å². The molecule has 1 aromatic heterocycles. The van der Waals surface area contributed by atoms with E-state index in [1.54, 1.807) is 6.92 Å². The zero-order chi connectivity index (χ0) is 9.84. The van der Waals surface area contributed by atoms with E-state index in [2.05, 4.69) is 15.3 Å². The second-order valence-corrected chi connectivity index (χ2v) is 2.29. The summed E-state index contributed by atoms with van der Waals surface area (Å²) in [5.74, 6) is -1.68. The highest BCUT2D eigenvalue weighted by Gasteiger charge is 2.18. The van der Waals surface area contributed by atoms with Crippen LogP contribution < -0.4 is 5.32 Å². The Morgan fingerprint density at radius 2 is 2.38 bits per heavy atom. The Labute approximate surface area is 74.0 Å². The molecule has 3 N–H and O–H groups in total. The van der Waals surface area contributed by atoms with Crippen LogP contribution in [0.2, 0.25) is 0 Å². The van der Waals surface area contributed by atoms with Gasteiger partial charge in [0.15, 0.2) is 11.4 Å². The maximum absolute atomic E-state index is 11.2. The molecule has 0 aliphatic heterocycles. The number of hydrogen-bond donors (Lipinski definition) is 3. The van der Waals surface area contributed by atoms with Crippen LogP contribution in [-0.4, -0.2) is 33.5 Å². The number of aromatic amines is 1. The molecule has 0 atom stereocenters. The summed E-state index contributed by atoms with van der Waals surface area (Å²) in [6.45, 7) is 2.18. The van der Waals surface area contributed by atoms with Crippen LogP contribution >= 0.6 is 0 Å². The van der Waals surface area contributed by atoms with Gasteiger partial charge in [-0.1, -0.05) is 0 Å². The van der Waals surface area contributed by atoms with Crippen molar-refractivity contribution in [2.24, 2.45) is 0 Å². The lowest BCUT2D eigenvalue weighted by Crippen LogP contribution is -2.25.